The number of hydrogen-bond donors (Lipinski definition) is 4. The van der Waals surface area contributed by atoms with Crippen molar-refractivity contribution in [2.45, 2.75) is 13.5 Å². The summed E-state index contributed by atoms with van der Waals surface area (Å²) in [5, 5.41) is 31.4. The zero-order chi connectivity index (χ0) is 19.3. The number of fused-ring (bicyclic) bond motifs is 2. The average molecular weight is 370 g/mol. The fourth-order valence-electron chi connectivity index (χ4n) is 3.82. The van der Waals surface area contributed by atoms with E-state index in [-0.39, 0.29) is 39.3 Å². The Hall–Kier alpha value is -2.90. The quantitative estimate of drug-likeness (QED) is 0.517. The second-order valence-corrected chi connectivity index (χ2v) is 7.05. The molecule has 0 bridgehead atoms. The summed E-state index contributed by atoms with van der Waals surface area (Å²) in [6, 6.07) is 4.18. The standard InChI is InChI=1S/C20H19NO6/c1-10-6-11-16(15(23)7-10)20(26)17-12(18(11)24)8-14(22)13(19(17)25)9-21-2-4-27-5-3-21/h6-8,22-23,25H,2-5,9H2,1H3/p+1. The van der Waals surface area contributed by atoms with E-state index in [0.29, 0.717) is 38.4 Å². The van der Waals surface area contributed by atoms with Crippen LogP contribution in [0, 0.1) is 6.92 Å². The van der Waals surface area contributed by atoms with Crippen LogP contribution in [0.5, 0.6) is 17.2 Å². The molecule has 7 nitrogen and oxygen atoms in total. The third-order valence-electron chi connectivity index (χ3n) is 5.21. The predicted molar refractivity (Wildman–Crippen MR) is 94.7 cm³/mol. The van der Waals surface area contributed by atoms with Gasteiger partial charge in [-0.05, 0) is 30.7 Å². The molecule has 2 aromatic rings. The van der Waals surface area contributed by atoms with Crippen LogP contribution in [0.3, 0.4) is 0 Å². The van der Waals surface area contributed by atoms with E-state index in [0.717, 1.165) is 4.90 Å². The third kappa shape index (κ3) is 2.75. The molecule has 1 aliphatic carbocycles. The minimum absolute atomic E-state index is 0.0479. The summed E-state index contributed by atoms with van der Waals surface area (Å²) in [6.07, 6.45) is 0. The Balaban J connectivity index is 1.84. The summed E-state index contributed by atoms with van der Waals surface area (Å²) in [5.74, 6) is -2.02. The van der Waals surface area contributed by atoms with E-state index in [4.69, 9.17) is 4.74 Å². The van der Waals surface area contributed by atoms with Crippen molar-refractivity contribution < 1.29 is 34.5 Å². The number of ketones is 2. The van der Waals surface area contributed by atoms with Crippen molar-refractivity contribution in [1.82, 2.24) is 0 Å². The lowest BCUT2D eigenvalue weighted by Gasteiger charge is -2.26. The Labute approximate surface area is 155 Å². The Morgan fingerprint density at radius 1 is 0.926 bits per heavy atom. The smallest absolute Gasteiger partial charge is 0.201 e. The molecule has 4 rings (SSSR count). The van der Waals surface area contributed by atoms with Crippen LogP contribution in [0.4, 0.5) is 0 Å². The molecule has 2 aromatic carbocycles. The van der Waals surface area contributed by atoms with E-state index in [1.54, 1.807) is 6.92 Å². The van der Waals surface area contributed by atoms with Gasteiger partial charge in [0, 0.05) is 11.1 Å². The molecule has 0 saturated carbocycles. The molecule has 7 heteroatoms. The highest BCUT2D eigenvalue weighted by Crippen LogP contribution is 2.41. The molecule has 1 fully saturated rings. The Bertz CT molecular complexity index is 975. The fourth-order valence-corrected chi connectivity index (χ4v) is 3.82. The van der Waals surface area contributed by atoms with Gasteiger partial charge >= 0.3 is 0 Å². The topological polar surface area (TPSA) is 108 Å². The molecular weight excluding hydrogens is 350 g/mol. The molecule has 0 aromatic heterocycles. The van der Waals surface area contributed by atoms with Crippen molar-refractivity contribution in [2.24, 2.45) is 0 Å². The molecule has 4 N–H and O–H groups in total. The molecule has 27 heavy (non-hydrogen) atoms. The molecule has 1 saturated heterocycles. The SMILES string of the molecule is Cc1cc(O)c2c(c1)C(=O)c1cc(O)c(C[NH+]3CCOCC3)c(O)c1C2=O. The van der Waals surface area contributed by atoms with Gasteiger partial charge < -0.3 is 25.0 Å². The summed E-state index contributed by atoms with van der Waals surface area (Å²) >= 11 is 0. The number of nitrogens with one attached hydrogen (secondary N) is 1. The van der Waals surface area contributed by atoms with E-state index in [1.165, 1.54) is 18.2 Å². The zero-order valence-electron chi connectivity index (χ0n) is 14.8. The molecule has 140 valence electrons. The van der Waals surface area contributed by atoms with Gasteiger partial charge in [0.05, 0.1) is 29.9 Å². The number of carbonyl (C=O) groups excluding carboxylic acids is 2. The van der Waals surface area contributed by atoms with Crippen LogP contribution >= 0.6 is 0 Å². The average Bonchev–Trinajstić information content (AvgIpc) is 2.63. The third-order valence-corrected chi connectivity index (χ3v) is 5.21. The highest BCUT2D eigenvalue weighted by atomic mass is 16.5. The van der Waals surface area contributed by atoms with Crippen molar-refractivity contribution in [3.63, 3.8) is 0 Å². The number of hydrogen-bond acceptors (Lipinski definition) is 6. The van der Waals surface area contributed by atoms with E-state index in [2.05, 4.69) is 0 Å². The van der Waals surface area contributed by atoms with Gasteiger partial charge in [-0.2, -0.15) is 0 Å². The number of benzene rings is 2. The van der Waals surface area contributed by atoms with Crippen molar-refractivity contribution in [2.75, 3.05) is 26.3 Å². The van der Waals surface area contributed by atoms with E-state index < -0.39 is 17.3 Å². The number of ether oxygens (including phenoxy) is 1. The first kappa shape index (κ1) is 17.5. The molecule has 1 heterocycles. The number of quaternary nitrogens is 1. The molecule has 0 amide bonds. The van der Waals surface area contributed by atoms with Crippen LogP contribution in [-0.2, 0) is 11.3 Å². The van der Waals surface area contributed by atoms with Gasteiger partial charge in [0.25, 0.3) is 0 Å². The van der Waals surface area contributed by atoms with Gasteiger partial charge in [0.15, 0.2) is 5.78 Å². The first-order valence-corrected chi connectivity index (χ1v) is 8.80. The lowest BCUT2D eigenvalue weighted by molar-refractivity contribution is -0.921. The van der Waals surface area contributed by atoms with Gasteiger partial charge in [-0.25, -0.2) is 0 Å². The summed E-state index contributed by atoms with van der Waals surface area (Å²) in [4.78, 5) is 26.9. The van der Waals surface area contributed by atoms with Crippen LogP contribution in [0.2, 0.25) is 0 Å². The summed E-state index contributed by atoms with van der Waals surface area (Å²) in [6.45, 7) is 4.61. The minimum Gasteiger partial charge on any atom is -0.507 e. The molecule has 1 aliphatic heterocycles. The lowest BCUT2D eigenvalue weighted by atomic mass is 9.81. The van der Waals surface area contributed by atoms with Crippen LogP contribution < -0.4 is 4.90 Å². The van der Waals surface area contributed by atoms with Crippen molar-refractivity contribution in [1.29, 1.82) is 0 Å². The largest absolute Gasteiger partial charge is 0.507 e. The van der Waals surface area contributed by atoms with Crippen molar-refractivity contribution in [3.05, 3.63) is 51.6 Å². The second-order valence-electron chi connectivity index (χ2n) is 7.05. The fraction of sp³-hybridized carbons (Fsp3) is 0.300. The summed E-state index contributed by atoms with van der Waals surface area (Å²) < 4.78 is 5.31. The van der Waals surface area contributed by atoms with Crippen LogP contribution in [-0.4, -0.2) is 53.2 Å². The Morgan fingerprint density at radius 2 is 1.59 bits per heavy atom. The van der Waals surface area contributed by atoms with Gasteiger partial charge in [-0.15, -0.1) is 0 Å². The molecule has 0 spiro atoms. The van der Waals surface area contributed by atoms with E-state index in [1.807, 2.05) is 0 Å². The van der Waals surface area contributed by atoms with Gasteiger partial charge in [0.1, 0.15) is 36.9 Å². The summed E-state index contributed by atoms with van der Waals surface area (Å²) in [5.41, 5.74) is 0.623. The molecule has 0 radical (unpaired) electrons. The highest BCUT2D eigenvalue weighted by molar-refractivity contribution is 6.30. The first-order valence-electron chi connectivity index (χ1n) is 8.80. The number of phenolic OH excluding ortho intramolecular Hbond substituents is 3. The van der Waals surface area contributed by atoms with E-state index >= 15 is 0 Å². The highest BCUT2D eigenvalue weighted by Gasteiger charge is 2.37. The maximum Gasteiger partial charge on any atom is 0.201 e. The van der Waals surface area contributed by atoms with Gasteiger partial charge in [0.2, 0.25) is 5.78 Å². The van der Waals surface area contributed by atoms with Crippen LogP contribution in [0.15, 0.2) is 18.2 Å². The predicted octanol–water partition coefficient (Wildman–Crippen LogP) is 0.302. The molecule has 0 unspecified atom stereocenters. The number of aromatic hydroxyl groups is 3. The maximum atomic E-state index is 13.0. The number of morpholine rings is 1. The molecular formula is C20H20NO6+. The van der Waals surface area contributed by atoms with Gasteiger partial charge in [-0.1, -0.05) is 0 Å². The number of aryl methyl sites for hydroxylation is 1. The normalized spacial score (nSPS) is 16.9. The second kappa shape index (κ2) is 6.37. The molecule has 2 aliphatic rings. The summed E-state index contributed by atoms with van der Waals surface area (Å²) in [7, 11) is 0. The van der Waals surface area contributed by atoms with Crippen molar-refractivity contribution >= 4 is 11.6 Å². The zero-order valence-corrected chi connectivity index (χ0v) is 14.8. The molecule has 0 atom stereocenters. The number of carbonyl (C=O) groups is 2. The number of phenols is 3. The van der Waals surface area contributed by atoms with Crippen molar-refractivity contribution in [3.8, 4) is 17.2 Å². The number of rotatable bonds is 2. The van der Waals surface area contributed by atoms with Crippen LogP contribution in [0.25, 0.3) is 0 Å². The monoisotopic (exact) mass is 370 g/mol. The minimum atomic E-state index is -0.618. The Kier molecular flexibility index (Phi) is 4.13. The van der Waals surface area contributed by atoms with E-state index in [9.17, 15) is 24.9 Å². The first-order chi connectivity index (χ1) is 12.9. The maximum absolute atomic E-state index is 13.0. The Morgan fingerprint density at radius 3 is 2.30 bits per heavy atom. The lowest BCUT2D eigenvalue weighted by Crippen LogP contribution is -3.12. The van der Waals surface area contributed by atoms with Gasteiger partial charge in [-0.3, -0.25) is 9.59 Å². The van der Waals surface area contributed by atoms with Crippen LogP contribution in [0.1, 0.15) is 43.0 Å².